The van der Waals surface area contributed by atoms with Crippen LogP contribution in [0.3, 0.4) is 0 Å². The summed E-state index contributed by atoms with van der Waals surface area (Å²) in [6.45, 7) is 0.244. The van der Waals surface area contributed by atoms with Crippen LogP contribution < -0.4 is 4.74 Å². The van der Waals surface area contributed by atoms with Crippen molar-refractivity contribution in [3.63, 3.8) is 0 Å². The summed E-state index contributed by atoms with van der Waals surface area (Å²) in [6.07, 6.45) is 0.842. The zero-order valence-corrected chi connectivity index (χ0v) is 11.7. The smallest absolute Gasteiger partial charge is 0.310 e. The van der Waals surface area contributed by atoms with Crippen molar-refractivity contribution in [3.05, 3.63) is 65.2 Å². The Bertz CT molecular complexity index is 620. The molecule has 0 aliphatic carbocycles. The quantitative estimate of drug-likeness (QED) is 0.604. The number of esters is 1. The minimum absolute atomic E-state index is 0.106. The molecular formula is C17H16O4. The van der Waals surface area contributed by atoms with Crippen molar-refractivity contribution in [3.8, 4) is 5.75 Å². The average Bonchev–Trinajstić information content (AvgIpc) is 2.54. The first-order valence-corrected chi connectivity index (χ1v) is 6.54. The molecule has 0 aliphatic rings. The Morgan fingerprint density at radius 2 is 1.90 bits per heavy atom. The number of carbonyl (C=O) groups is 2. The maximum absolute atomic E-state index is 11.9. The number of carbonyl (C=O) groups excluding carboxylic acids is 2. The molecule has 21 heavy (non-hydrogen) atoms. The van der Waals surface area contributed by atoms with Gasteiger partial charge in [-0.15, -0.1) is 0 Å². The van der Waals surface area contributed by atoms with Crippen LogP contribution in [0.5, 0.6) is 5.75 Å². The molecule has 0 aromatic heterocycles. The molecule has 0 spiro atoms. The summed E-state index contributed by atoms with van der Waals surface area (Å²) >= 11 is 0. The molecule has 0 fully saturated rings. The highest BCUT2D eigenvalue weighted by Gasteiger charge is 2.11. The van der Waals surface area contributed by atoms with E-state index in [1.807, 2.05) is 30.3 Å². The normalized spacial score (nSPS) is 9.95. The molecule has 2 rings (SSSR count). The Balaban J connectivity index is 1.97. The molecule has 0 N–H and O–H groups in total. The van der Waals surface area contributed by atoms with Crippen LogP contribution in [0.4, 0.5) is 0 Å². The molecule has 0 atom stereocenters. The van der Waals surface area contributed by atoms with Gasteiger partial charge in [-0.2, -0.15) is 0 Å². The molecule has 0 bridgehead atoms. The van der Waals surface area contributed by atoms with Crippen molar-refractivity contribution in [1.29, 1.82) is 0 Å². The van der Waals surface area contributed by atoms with Gasteiger partial charge in [-0.25, -0.2) is 0 Å². The van der Waals surface area contributed by atoms with Gasteiger partial charge in [0.25, 0.3) is 0 Å². The van der Waals surface area contributed by atoms with Gasteiger partial charge in [-0.1, -0.05) is 42.5 Å². The molecule has 108 valence electrons. The molecule has 0 aliphatic heterocycles. The number of hydrogen-bond acceptors (Lipinski definition) is 4. The van der Waals surface area contributed by atoms with Crippen LogP contribution in [-0.4, -0.2) is 19.4 Å². The van der Waals surface area contributed by atoms with Crippen LogP contribution in [0.2, 0.25) is 0 Å². The predicted octanol–water partition coefficient (Wildman–Crippen LogP) is 2.79. The van der Waals surface area contributed by atoms with E-state index in [9.17, 15) is 9.59 Å². The molecule has 4 nitrogen and oxygen atoms in total. The largest absolute Gasteiger partial charge is 0.496 e. The number of benzene rings is 2. The lowest BCUT2D eigenvalue weighted by atomic mass is 10.1. The van der Waals surface area contributed by atoms with Gasteiger partial charge in [0.05, 0.1) is 13.5 Å². The van der Waals surface area contributed by atoms with Crippen molar-refractivity contribution in [2.75, 3.05) is 7.11 Å². The monoisotopic (exact) mass is 284 g/mol. The number of ether oxygens (including phenoxy) is 2. The van der Waals surface area contributed by atoms with E-state index in [1.54, 1.807) is 18.2 Å². The Morgan fingerprint density at radius 3 is 2.57 bits per heavy atom. The van der Waals surface area contributed by atoms with E-state index in [2.05, 4.69) is 0 Å². The molecule has 0 heterocycles. The number of methoxy groups -OCH3 is 1. The average molecular weight is 284 g/mol. The summed E-state index contributed by atoms with van der Waals surface area (Å²) in [5.74, 6) is 0.173. The number of rotatable bonds is 6. The third kappa shape index (κ3) is 4.18. The highest BCUT2D eigenvalue weighted by atomic mass is 16.5. The first-order valence-electron chi connectivity index (χ1n) is 6.54. The Morgan fingerprint density at radius 1 is 1.14 bits per heavy atom. The third-order valence-corrected chi connectivity index (χ3v) is 3.02. The van der Waals surface area contributed by atoms with Crippen LogP contribution in [0.15, 0.2) is 48.5 Å². The van der Waals surface area contributed by atoms with Gasteiger partial charge in [0, 0.05) is 11.1 Å². The van der Waals surface area contributed by atoms with E-state index in [4.69, 9.17) is 9.47 Å². The van der Waals surface area contributed by atoms with Gasteiger partial charge >= 0.3 is 5.97 Å². The Kier molecular flexibility index (Phi) is 5.10. The van der Waals surface area contributed by atoms with E-state index in [1.165, 1.54) is 7.11 Å². The van der Waals surface area contributed by atoms with E-state index in [0.29, 0.717) is 16.9 Å². The second kappa shape index (κ2) is 7.24. The lowest BCUT2D eigenvalue weighted by molar-refractivity contribution is -0.144. The Labute approximate surface area is 123 Å². The van der Waals surface area contributed by atoms with Gasteiger partial charge in [-0.05, 0) is 11.6 Å². The molecule has 0 amide bonds. The van der Waals surface area contributed by atoms with Crippen molar-refractivity contribution in [2.45, 2.75) is 13.0 Å². The van der Waals surface area contributed by atoms with Crippen LogP contribution in [0, 0.1) is 0 Å². The van der Waals surface area contributed by atoms with E-state index < -0.39 is 0 Å². The van der Waals surface area contributed by atoms with Crippen molar-refractivity contribution < 1.29 is 19.1 Å². The van der Waals surface area contributed by atoms with Crippen molar-refractivity contribution in [1.82, 2.24) is 0 Å². The van der Waals surface area contributed by atoms with Crippen LogP contribution in [0.1, 0.15) is 21.5 Å². The van der Waals surface area contributed by atoms with Crippen molar-refractivity contribution >= 4 is 12.3 Å². The number of hydrogen-bond donors (Lipinski definition) is 0. The highest BCUT2D eigenvalue weighted by Crippen LogP contribution is 2.20. The fraction of sp³-hybridized carbons (Fsp3) is 0.176. The van der Waals surface area contributed by atoms with Crippen molar-refractivity contribution in [2.24, 2.45) is 0 Å². The standard InChI is InChI=1S/C17H16O4/c1-20-16-9-14(11-18)7-8-15(16)10-17(19)21-12-13-5-3-2-4-6-13/h2-9,11H,10,12H2,1H3. The molecule has 0 saturated heterocycles. The zero-order chi connectivity index (χ0) is 15.1. The topological polar surface area (TPSA) is 52.6 Å². The first-order chi connectivity index (χ1) is 10.2. The summed E-state index contributed by atoms with van der Waals surface area (Å²) in [6, 6.07) is 14.4. The molecule has 2 aromatic carbocycles. The minimum Gasteiger partial charge on any atom is -0.496 e. The van der Waals surface area contributed by atoms with Crippen LogP contribution in [0.25, 0.3) is 0 Å². The van der Waals surface area contributed by atoms with Gasteiger partial charge in [0.15, 0.2) is 0 Å². The number of aldehydes is 1. The van der Waals surface area contributed by atoms with Gasteiger partial charge < -0.3 is 9.47 Å². The lowest BCUT2D eigenvalue weighted by Crippen LogP contribution is -2.09. The third-order valence-electron chi connectivity index (χ3n) is 3.02. The molecule has 0 radical (unpaired) electrons. The lowest BCUT2D eigenvalue weighted by Gasteiger charge is -2.09. The van der Waals surface area contributed by atoms with E-state index >= 15 is 0 Å². The maximum atomic E-state index is 11.9. The minimum atomic E-state index is -0.337. The van der Waals surface area contributed by atoms with Gasteiger partial charge in [0.1, 0.15) is 18.6 Å². The molecule has 0 saturated carbocycles. The van der Waals surface area contributed by atoms with Gasteiger partial charge in [0.2, 0.25) is 0 Å². The fourth-order valence-corrected chi connectivity index (χ4v) is 1.93. The molecular weight excluding hydrogens is 268 g/mol. The summed E-state index contributed by atoms with van der Waals surface area (Å²) in [4.78, 5) is 22.6. The highest BCUT2D eigenvalue weighted by molar-refractivity contribution is 5.78. The zero-order valence-electron chi connectivity index (χ0n) is 11.7. The summed E-state index contributed by atoms with van der Waals surface area (Å²) in [5.41, 5.74) is 2.14. The van der Waals surface area contributed by atoms with E-state index in [-0.39, 0.29) is 19.0 Å². The second-order valence-electron chi connectivity index (χ2n) is 4.51. The second-order valence-corrected chi connectivity index (χ2v) is 4.51. The molecule has 0 unspecified atom stereocenters. The summed E-state index contributed by atoms with van der Waals surface area (Å²) in [7, 11) is 1.50. The molecule has 2 aromatic rings. The van der Waals surface area contributed by atoms with Crippen LogP contribution in [-0.2, 0) is 22.6 Å². The first kappa shape index (κ1) is 14.8. The predicted molar refractivity (Wildman–Crippen MR) is 78.3 cm³/mol. The van der Waals surface area contributed by atoms with Crippen LogP contribution >= 0.6 is 0 Å². The van der Waals surface area contributed by atoms with Gasteiger partial charge in [-0.3, -0.25) is 9.59 Å². The Hall–Kier alpha value is -2.62. The molecule has 4 heteroatoms. The maximum Gasteiger partial charge on any atom is 0.310 e. The SMILES string of the molecule is COc1cc(C=O)ccc1CC(=O)OCc1ccccc1. The fourth-order valence-electron chi connectivity index (χ4n) is 1.93. The summed E-state index contributed by atoms with van der Waals surface area (Å²) in [5, 5.41) is 0. The van der Waals surface area contributed by atoms with E-state index in [0.717, 1.165) is 11.8 Å². The summed E-state index contributed by atoms with van der Waals surface area (Å²) < 4.78 is 10.4.